The van der Waals surface area contributed by atoms with E-state index in [0.29, 0.717) is 0 Å². The second-order valence-corrected chi connectivity index (χ2v) is 7.61. The second-order valence-electron chi connectivity index (χ2n) is 5.08. The molecule has 2 aromatic rings. The first-order chi connectivity index (χ1) is 9.19. The second kappa shape index (κ2) is 4.96. The first-order valence-electron chi connectivity index (χ1n) is 6.60. The van der Waals surface area contributed by atoms with Gasteiger partial charge in [0, 0.05) is 18.7 Å². The average molecular weight is 271 g/mol. The highest BCUT2D eigenvalue weighted by Crippen LogP contribution is 2.71. The minimum absolute atomic E-state index is 0.320. The van der Waals surface area contributed by atoms with Gasteiger partial charge in [0.1, 0.15) is 0 Å². The van der Waals surface area contributed by atoms with Crippen LogP contribution in [0.4, 0.5) is 0 Å². The van der Waals surface area contributed by atoms with Crippen LogP contribution < -0.4 is 4.89 Å². The Kier molecular flexibility index (Phi) is 3.30. The van der Waals surface area contributed by atoms with Gasteiger partial charge in [-0.1, -0.05) is 60.7 Å². The van der Waals surface area contributed by atoms with Crippen molar-refractivity contribution in [3.63, 3.8) is 0 Å². The predicted molar refractivity (Wildman–Crippen MR) is 75.2 cm³/mol. The lowest BCUT2D eigenvalue weighted by Crippen LogP contribution is -2.10. The van der Waals surface area contributed by atoms with Crippen molar-refractivity contribution in [2.45, 2.75) is 24.2 Å². The van der Waals surface area contributed by atoms with Gasteiger partial charge in [0.15, 0.2) is 0 Å². The summed E-state index contributed by atoms with van der Waals surface area (Å²) < 4.78 is 12.7. The smallest absolute Gasteiger partial charge is 0.0293 e. The van der Waals surface area contributed by atoms with Crippen molar-refractivity contribution < 1.29 is 9.46 Å². The molecule has 98 valence electrons. The molecule has 1 fully saturated rings. The summed E-state index contributed by atoms with van der Waals surface area (Å²) >= 11 is 0. The lowest BCUT2D eigenvalue weighted by molar-refractivity contribution is -0.178. The molecule has 3 heteroatoms. The van der Waals surface area contributed by atoms with Crippen LogP contribution in [0.15, 0.2) is 60.7 Å². The molecule has 0 aliphatic carbocycles. The Morgan fingerprint density at radius 1 is 0.789 bits per heavy atom. The Balaban J connectivity index is 1.95. The molecule has 3 rings (SSSR count). The maximum atomic E-state index is 12.7. The van der Waals surface area contributed by atoms with Crippen molar-refractivity contribution in [3.05, 3.63) is 71.8 Å². The molecule has 0 amide bonds. The van der Waals surface area contributed by atoms with Crippen LogP contribution in [0.3, 0.4) is 0 Å². The normalized spacial score (nSPS) is 30.4. The fraction of sp³-hybridized carbons (Fsp3) is 0.250. The fourth-order valence-corrected chi connectivity index (χ4v) is 5.62. The van der Waals surface area contributed by atoms with Crippen molar-refractivity contribution in [2.75, 3.05) is 0 Å². The SMILES string of the molecule is O=P1([O-])C(c2ccccc2)CCC1c1ccccc1. The molecule has 0 N–H and O–H groups in total. The Morgan fingerprint density at radius 3 is 1.53 bits per heavy atom. The van der Waals surface area contributed by atoms with Crippen LogP contribution in [0.2, 0.25) is 0 Å². The summed E-state index contributed by atoms with van der Waals surface area (Å²) in [4.78, 5) is 12.7. The van der Waals surface area contributed by atoms with Gasteiger partial charge in [-0.2, -0.15) is 0 Å². The molecule has 0 bridgehead atoms. The fourth-order valence-electron chi connectivity index (χ4n) is 2.99. The quantitative estimate of drug-likeness (QED) is 0.777. The predicted octanol–water partition coefficient (Wildman–Crippen LogP) is 3.90. The number of hydrogen-bond donors (Lipinski definition) is 0. The van der Waals surface area contributed by atoms with Crippen LogP contribution >= 0.6 is 7.37 Å². The van der Waals surface area contributed by atoms with Gasteiger partial charge in [-0.3, -0.25) is 0 Å². The van der Waals surface area contributed by atoms with Gasteiger partial charge >= 0.3 is 0 Å². The molecule has 1 aliphatic heterocycles. The molecule has 2 nitrogen and oxygen atoms in total. The number of hydrogen-bond acceptors (Lipinski definition) is 2. The van der Waals surface area contributed by atoms with Crippen molar-refractivity contribution in [3.8, 4) is 0 Å². The van der Waals surface area contributed by atoms with Crippen molar-refractivity contribution in [1.29, 1.82) is 0 Å². The van der Waals surface area contributed by atoms with E-state index in [9.17, 15) is 9.46 Å². The monoisotopic (exact) mass is 271 g/mol. The minimum atomic E-state index is -3.46. The van der Waals surface area contributed by atoms with Gasteiger partial charge in [0.25, 0.3) is 0 Å². The van der Waals surface area contributed by atoms with E-state index in [1.165, 1.54) is 0 Å². The molecule has 0 spiro atoms. The van der Waals surface area contributed by atoms with Gasteiger partial charge < -0.3 is 9.46 Å². The number of benzene rings is 2. The summed E-state index contributed by atoms with van der Waals surface area (Å²) in [5, 5.41) is 0. The van der Waals surface area contributed by atoms with Crippen LogP contribution in [0.1, 0.15) is 35.3 Å². The Bertz CT molecular complexity index is 543. The zero-order valence-corrected chi connectivity index (χ0v) is 11.5. The molecule has 0 saturated carbocycles. The molecule has 2 aromatic carbocycles. The maximum Gasteiger partial charge on any atom is 0.0293 e. The van der Waals surface area contributed by atoms with E-state index in [1.807, 2.05) is 60.7 Å². The molecule has 1 heterocycles. The largest absolute Gasteiger partial charge is 0.798 e. The first-order valence-corrected chi connectivity index (χ1v) is 8.36. The van der Waals surface area contributed by atoms with E-state index in [0.717, 1.165) is 24.0 Å². The van der Waals surface area contributed by atoms with Crippen molar-refractivity contribution in [1.82, 2.24) is 0 Å². The molecule has 0 radical (unpaired) electrons. The lowest BCUT2D eigenvalue weighted by Gasteiger charge is -2.31. The van der Waals surface area contributed by atoms with E-state index in [-0.39, 0.29) is 11.3 Å². The van der Waals surface area contributed by atoms with Crippen LogP contribution in [0.25, 0.3) is 0 Å². The summed E-state index contributed by atoms with van der Waals surface area (Å²) in [6, 6.07) is 19.1. The molecule has 2 unspecified atom stereocenters. The third kappa shape index (κ3) is 2.27. The van der Waals surface area contributed by atoms with Gasteiger partial charge in [0.05, 0.1) is 0 Å². The van der Waals surface area contributed by atoms with E-state index in [2.05, 4.69) is 0 Å². The molecule has 1 saturated heterocycles. The number of rotatable bonds is 2. The third-order valence-corrected chi connectivity index (χ3v) is 6.80. The van der Waals surface area contributed by atoms with Gasteiger partial charge in [-0.05, 0) is 24.0 Å². The highest BCUT2D eigenvalue weighted by molar-refractivity contribution is 7.57. The summed E-state index contributed by atoms with van der Waals surface area (Å²) in [5.41, 5.74) is 1.22. The lowest BCUT2D eigenvalue weighted by atomic mass is 10.0. The first kappa shape index (κ1) is 12.7. The third-order valence-electron chi connectivity index (χ3n) is 3.95. The molecule has 1 aliphatic rings. The van der Waals surface area contributed by atoms with Crippen LogP contribution in [-0.4, -0.2) is 0 Å². The Labute approximate surface area is 113 Å². The standard InChI is InChI=1S/C16H17O2P/c17-19(18)15(13-7-3-1-4-8-13)11-12-16(19)14-9-5-2-6-10-14/h1-10,15-16H,11-12H2,(H,17,18)/p-1. The van der Waals surface area contributed by atoms with Gasteiger partial charge in [-0.15, -0.1) is 0 Å². The minimum Gasteiger partial charge on any atom is -0.798 e. The van der Waals surface area contributed by atoms with E-state index in [1.54, 1.807) is 0 Å². The van der Waals surface area contributed by atoms with E-state index >= 15 is 0 Å². The summed E-state index contributed by atoms with van der Waals surface area (Å²) in [5.74, 6) is 0. The summed E-state index contributed by atoms with van der Waals surface area (Å²) in [6.45, 7) is 0. The molecular weight excluding hydrogens is 255 g/mol. The topological polar surface area (TPSA) is 40.1 Å². The highest BCUT2D eigenvalue weighted by atomic mass is 31.2. The van der Waals surface area contributed by atoms with Crippen LogP contribution in [0, 0.1) is 0 Å². The van der Waals surface area contributed by atoms with E-state index < -0.39 is 7.37 Å². The molecule has 0 aromatic heterocycles. The highest BCUT2D eigenvalue weighted by Gasteiger charge is 2.38. The average Bonchev–Trinajstić information content (AvgIpc) is 2.76. The maximum absolute atomic E-state index is 12.7. The van der Waals surface area contributed by atoms with Crippen LogP contribution in [0.5, 0.6) is 0 Å². The zero-order valence-electron chi connectivity index (χ0n) is 10.6. The Hall–Kier alpha value is -1.37. The van der Waals surface area contributed by atoms with Crippen molar-refractivity contribution >= 4 is 7.37 Å². The van der Waals surface area contributed by atoms with Crippen LogP contribution in [-0.2, 0) is 4.57 Å². The summed E-state index contributed by atoms with van der Waals surface area (Å²) in [7, 11) is -3.46. The summed E-state index contributed by atoms with van der Waals surface area (Å²) in [6.07, 6.45) is 1.45. The Morgan fingerprint density at radius 2 is 1.16 bits per heavy atom. The van der Waals surface area contributed by atoms with Crippen molar-refractivity contribution in [2.24, 2.45) is 0 Å². The van der Waals surface area contributed by atoms with Gasteiger partial charge in [-0.25, -0.2) is 0 Å². The zero-order chi connectivity index (χ0) is 13.3. The molecule has 2 atom stereocenters. The molecular formula is C16H16O2P-. The van der Waals surface area contributed by atoms with E-state index in [4.69, 9.17) is 0 Å². The molecule has 19 heavy (non-hydrogen) atoms. The van der Waals surface area contributed by atoms with Gasteiger partial charge in [0.2, 0.25) is 0 Å².